The first kappa shape index (κ1) is 15.3. The van der Waals surface area contributed by atoms with E-state index < -0.39 is 0 Å². The lowest BCUT2D eigenvalue weighted by Crippen LogP contribution is -2.40. The molecule has 0 aromatic carbocycles. The number of hydrogen-bond donors (Lipinski definition) is 1. The molecule has 0 bridgehead atoms. The first-order valence-corrected chi connectivity index (χ1v) is 7.31. The first-order chi connectivity index (χ1) is 6.97. The summed E-state index contributed by atoms with van der Waals surface area (Å²) in [4.78, 5) is 2.39. The number of hydrogen-bond acceptors (Lipinski definition) is 3. The van der Waals surface area contributed by atoms with Gasteiger partial charge in [-0.2, -0.15) is 11.8 Å². The molecule has 3 heteroatoms. The van der Waals surface area contributed by atoms with Gasteiger partial charge in [0, 0.05) is 18.6 Å². The van der Waals surface area contributed by atoms with Crippen LogP contribution in [0.5, 0.6) is 0 Å². The molecule has 0 fully saturated rings. The fraction of sp³-hybridized carbons (Fsp3) is 1.00. The Balaban J connectivity index is 3.74. The Bertz CT molecular complexity index is 151. The lowest BCUT2D eigenvalue weighted by molar-refractivity contribution is 0.229. The summed E-state index contributed by atoms with van der Waals surface area (Å²) < 4.78 is 0. The van der Waals surface area contributed by atoms with Crippen molar-refractivity contribution in [1.82, 2.24) is 4.90 Å². The Kier molecular flexibility index (Phi) is 8.58. The zero-order valence-corrected chi connectivity index (χ0v) is 11.8. The minimum atomic E-state index is 0.326. The molecule has 2 nitrogen and oxygen atoms in total. The van der Waals surface area contributed by atoms with Crippen LogP contribution < -0.4 is 5.73 Å². The fourth-order valence-corrected chi connectivity index (χ4v) is 2.32. The molecule has 0 rings (SSSR count). The molecule has 0 aliphatic heterocycles. The molecular weight excluding hydrogens is 204 g/mol. The predicted octanol–water partition coefficient (Wildman–Crippen LogP) is 2.43. The van der Waals surface area contributed by atoms with Gasteiger partial charge in [-0.1, -0.05) is 13.8 Å². The van der Waals surface area contributed by atoms with E-state index in [0.717, 1.165) is 13.0 Å². The molecule has 0 spiro atoms. The molecule has 0 saturated heterocycles. The third-order valence-electron chi connectivity index (χ3n) is 2.79. The second kappa shape index (κ2) is 8.43. The van der Waals surface area contributed by atoms with Crippen LogP contribution in [0.25, 0.3) is 0 Å². The highest BCUT2D eigenvalue weighted by atomic mass is 32.2. The van der Waals surface area contributed by atoms with Gasteiger partial charge in [0.25, 0.3) is 0 Å². The third kappa shape index (κ3) is 8.12. The van der Waals surface area contributed by atoms with E-state index in [-0.39, 0.29) is 0 Å². The number of nitrogens with zero attached hydrogens (tertiary/aromatic N) is 1. The van der Waals surface area contributed by atoms with E-state index in [1.165, 1.54) is 12.2 Å². The number of thioether (sulfide) groups is 1. The van der Waals surface area contributed by atoms with E-state index >= 15 is 0 Å². The summed E-state index contributed by atoms with van der Waals surface area (Å²) in [6.07, 6.45) is 4.54. The second-order valence-corrected chi connectivity index (χ2v) is 5.95. The Morgan fingerprint density at radius 2 is 1.87 bits per heavy atom. The van der Waals surface area contributed by atoms with Crippen LogP contribution in [0.2, 0.25) is 0 Å². The molecule has 0 aromatic rings. The summed E-state index contributed by atoms with van der Waals surface area (Å²) in [5, 5.41) is 0. The first-order valence-electron chi connectivity index (χ1n) is 5.92. The van der Waals surface area contributed by atoms with E-state index in [4.69, 9.17) is 5.73 Å². The van der Waals surface area contributed by atoms with Crippen LogP contribution in [0.15, 0.2) is 0 Å². The third-order valence-corrected chi connectivity index (χ3v) is 3.43. The lowest BCUT2D eigenvalue weighted by Gasteiger charge is -2.28. The highest BCUT2D eigenvalue weighted by Gasteiger charge is 2.13. The summed E-state index contributed by atoms with van der Waals surface area (Å²) in [6, 6.07) is 0.974. The smallest absolute Gasteiger partial charge is 0.0170 e. The molecule has 0 radical (unpaired) electrons. The van der Waals surface area contributed by atoms with Crippen LogP contribution in [-0.4, -0.2) is 42.6 Å². The van der Waals surface area contributed by atoms with Gasteiger partial charge < -0.3 is 10.6 Å². The summed E-state index contributed by atoms with van der Waals surface area (Å²) >= 11 is 1.92. The average Bonchev–Trinajstić information content (AvgIpc) is 2.12. The van der Waals surface area contributed by atoms with Crippen LogP contribution >= 0.6 is 11.8 Å². The van der Waals surface area contributed by atoms with Gasteiger partial charge >= 0.3 is 0 Å². The predicted molar refractivity (Wildman–Crippen MR) is 72.5 cm³/mol. The van der Waals surface area contributed by atoms with Crippen LogP contribution in [0.3, 0.4) is 0 Å². The Hall–Kier alpha value is 0.270. The molecule has 2 atom stereocenters. The van der Waals surface area contributed by atoms with Gasteiger partial charge in [-0.15, -0.1) is 0 Å². The van der Waals surface area contributed by atoms with E-state index in [1.54, 1.807) is 0 Å². The van der Waals surface area contributed by atoms with Crippen molar-refractivity contribution in [2.24, 2.45) is 11.7 Å². The fourth-order valence-electron chi connectivity index (χ4n) is 1.74. The van der Waals surface area contributed by atoms with E-state index in [0.29, 0.717) is 18.0 Å². The normalized spacial score (nSPS) is 16.0. The van der Waals surface area contributed by atoms with E-state index in [1.807, 2.05) is 11.8 Å². The summed E-state index contributed by atoms with van der Waals surface area (Å²) in [5.41, 5.74) is 6.10. The largest absolute Gasteiger partial charge is 0.327 e. The van der Waals surface area contributed by atoms with E-state index in [2.05, 4.69) is 39.0 Å². The minimum absolute atomic E-state index is 0.326. The van der Waals surface area contributed by atoms with Gasteiger partial charge in [0.05, 0.1) is 0 Å². The van der Waals surface area contributed by atoms with Crippen molar-refractivity contribution in [1.29, 1.82) is 0 Å². The molecule has 0 aromatic heterocycles. The van der Waals surface area contributed by atoms with Crippen LogP contribution in [0, 0.1) is 5.92 Å². The molecule has 0 heterocycles. The summed E-state index contributed by atoms with van der Waals surface area (Å²) in [6.45, 7) is 7.78. The van der Waals surface area contributed by atoms with Crippen LogP contribution in [-0.2, 0) is 0 Å². The second-order valence-electron chi connectivity index (χ2n) is 4.96. The molecule has 2 N–H and O–H groups in total. The van der Waals surface area contributed by atoms with Crippen molar-refractivity contribution in [2.45, 2.75) is 45.7 Å². The van der Waals surface area contributed by atoms with Crippen molar-refractivity contribution in [3.63, 3.8) is 0 Å². The minimum Gasteiger partial charge on any atom is -0.327 e. The summed E-state index contributed by atoms with van der Waals surface area (Å²) in [7, 11) is 2.19. The Morgan fingerprint density at radius 1 is 1.27 bits per heavy atom. The maximum absolute atomic E-state index is 6.10. The maximum atomic E-state index is 6.10. The van der Waals surface area contributed by atoms with Gasteiger partial charge in [0.15, 0.2) is 0 Å². The molecule has 0 aliphatic rings. The Labute approximate surface area is 100.0 Å². The van der Waals surface area contributed by atoms with Gasteiger partial charge in [0.1, 0.15) is 0 Å². The van der Waals surface area contributed by atoms with Gasteiger partial charge in [-0.05, 0) is 44.7 Å². The maximum Gasteiger partial charge on any atom is 0.0170 e. The van der Waals surface area contributed by atoms with Crippen molar-refractivity contribution in [3.05, 3.63) is 0 Å². The molecule has 0 amide bonds. The number of likely N-dealkylation sites (N-methyl/N-ethyl adjacent to an activating group) is 1. The SMILES string of the molecule is CSCCC(C)N(C)CC(N)CC(C)C. The van der Waals surface area contributed by atoms with Crippen LogP contribution in [0.1, 0.15) is 33.6 Å². The molecule has 0 aliphatic carbocycles. The van der Waals surface area contributed by atoms with Crippen molar-refractivity contribution in [2.75, 3.05) is 25.6 Å². The van der Waals surface area contributed by atoms with Crippen LogP contribution in [0.4, 0.5) is 0 Å². The monoisotopic (exact) mass is 232 g/mol. The quantitative estimate of drug-likeness (QED) is 0.697. The average molecular weight is 232 g/mol. The zero-order chi connectivity index (χ0) is 11.8. The highest BCUT2D eigenvalue weighted by molar-refractivity contribution is 7.98. The molecule has 0 saturated carbocycles. The summed E-state index contributed by atoms with van der Waals surface area (Å²) in [5.74, 6) is 1.94. The van der Waals surface area contributed by atoms with Crippen molar-refractivity contribution < 1.29 is 0 Å². The highest BCUT2D eigenvalue weighted by Crippen LogP contribution is 2.09. The zero-order valence-electron chi connectivity index (χ0n) is 11.0. The molecule has 92 valence electrons. The standard InChI is InChI=1S/C12H28N2S/c1-10(2)8-12(13)9-14(4)11(3)6-7-15-5/h10-12H,6-9,13H2,1-5H3. The van der Waals surface area contributed by atoms with Gasteiger partial charge in [-0.25, -0.2) is 0 Å². The lowest BCUT2D eigenvalue weighted by atomic mass is 10.0. The molecule has 15 heavy (non-hydrogen) atoms. The van der Waals surface area contributed by atoms with Crippen molar-refractivity contribution >= 4 is 11.8 Å². The van der Waals surface area contributed by atoms with Gasteiger partial charge in [-0.3, -0.25) is 0 Å². The molecular formula is C12H28N2S. The molecule has 2 unspecified atom stereocenters. The number of nitrogens with two attached hydrogens (primary N) is 1. The van der Waals surface area contributed by atoms with E-state index in [9.17, 15) is 0 Å². The van der Waals surface area contributed by atoms with Crippen molar-refractivity contribution in [3.8, 4) is 0 Å². The van der Waals surface area contributed by atoms with Gasteiger partial charge in [0.2, 0.25) is 0 Å². The Morgan fingerprint density at radius 3 is 2.33 bits per heavy atom. The topological polar surface area (TPSA) is 29.3 Å². The number of rotatable bonds is 8.